The molecule has 0 aromatic heterocycles. The van der Waals surface area contributed by atoms with Crippen LogP contribution < -0.4 is 5.32 Å². The zero-order valence-corrected chi connectivity index (χ0v) is 11.4. The Labute approximate surface area is 117 Å². The van der Waals surface area contributed by atoms with E-state index >= 15 is 0 Å². The van der Waals surface area contributed by atoms with Gasteiger partial charge in [0.1, 0.15) is 5.82 Å². The van der Waals surface area contributed by atoms with Crippen LogP contribution in [0.1, 0.15) is 32.6 Å². The first-order valence-corrected chi connectivity index (χ1v) is 6.79. The molecule has 0 bridgehead atoms. The van der Waals surface area contributed by atoms with Gasteiger partial charge in [0.25, 0.3) is 5.69 Å². The van der Waals surface area contributed by atoms with Crippen LogP contribution in [0.5, 0.6) is 0 Å². The van der Waals surface area contributed by atoms with Crippen molar-refractivity contribution in [2.75, 3.05) is 11.9 Å². The molecule has 1 fully saturated rings. The van der Waals surface area contributed by atoms with E-state index in [1.54, 1.807) is 0 Å². The fraction of sp³-hybridized carbons (Fsp3) is 0.571. The average Bonchev–Trinajstić information content (AvgIpc) is 2.35. The molecule has 0 aliphatic heterocycles. The first kappa shape index (κ1) is 14.7. The summed E-state index contributed by atoms with van der Waals surface area (Å²) in [6.45, 7) is 2.37. The average molecular weight is 282 g/mol. The van der Waals surface area contributed by atoms with Gasteiger partial charge in [-0.3, -0.25) is 10.1 Å². The molecule has 0 saturated heterocycles. The third-order valence-corrected chi connectivity index (χ3v) is 3.78. The number of aliphatic hydroxyl groups is 1. The van der Waals surface area contributed by atoms with Gasteiger partial charge in [-0.1, -0.05) is 19.8 Å². The van der Waals surface area contributed by atoms with Crippen molar-refractivity contribution < 1.29 is 14.4 Å². The molecule has 2 N–H and O–H groups in total. The minimum atomic E-state index is -0.821. The van der Waals surface area contributed by atoms with Gasteiger partial charge >= 0.3 is 0 Å². The van der Waals surface area contributed by atoms with Crippen molar-refractivity contribution in [1.29, 1.82) is 0 Å². The monoisotopic (exact) mass is 282 g/mol. The van der Waals surface area contributed by atoms with Gasteiger partial charge in [-0.05, 0) is 24.8 Å². The molecule has 20 heavy (non-hydrogen) atoms. The molecule has 2 rings (SSSR count). The highest BCUT2D eigenvalue weighted by Gasteiger charge is 2.32. The van der Waals surface area contributed by atoms with Crippen molar-refractivity contribution in [1.82, 2.24) is 0 Å². The summed E-state index contributed by atoms with van der Waals surface area (Å²) >= 11 is 0. The number of halogens is 1. The summed E-state index contributed by atoms with van der Waals surface area (Å²) in [4.78, 5) is 10.0. The predicted octanol–water partition coefficient (Wildman–Crippen LogP) is 3.09. The van der Waals surface area contributed by atoms with E-state index in [-0.39, 0.29) is 12.2 Å². The molecule has 0 radical (unpaired) electrons. The molecule has 6 heteroatoms. The van der Waals surface area contributed by atoms with E-state index in [1.807, 2.05) is 0 Å². The van der Waals surface area contributed by atoms with E-state index in [4.69, 9.17) is 0 Å². The molecular formula is C14H19FN2O3. The first-order chi connectivity index (χ1) is 9.38. The topological polar surface area (TPSA) is 75.4 Å². The fourth-order valence-corrected chi connectivity index (χ4v) is 2.84. The van der Waals surface area contributed by atoms with Gasteiger partial charge in [0, 0.05) is 18.3 Å². The van der Waals surface area contributed by atoms with Gasteiger partial charge in [-0.15, -0.1) is 0 Å². The van der Waals surface area contributed by atoms with Crippen LogP contribution in [0.2, 0.25) is 0 Å². The Kier molecular flexibility index (Phi) is 4.23. The second-order valence-corrected chi connectivity index (χ2v) is 5.73. The Hall–Kier alpha value is -1.69. The molecule has 1 aliphatic carbocycles. The minimum Gasteiger partial charge on any atom is -0.388 e. The fourth-order valence-electron chi connectivity index (χ4n) is 2.84. The zero-order chi connectivity index (χ0) is 14.8. The van der Waals surface area contributed by atoms with Crippen molar-refractivity contribution >= 4 is 11.4 Å². The maximum Gasteiger partial charge on any atom is 0.274 e. The van der Waals surface area contributed by atoms with Gasteiger partial charge in [0.15, 0.2) is 0 Å². The molecule has 5 nitrogen and oxygen atoms in total. The maximum absolute atomic E-state index is 13.3. The number of non-ortho nitro benzene ring substituents is 1. The van der Waals surface area contributed by atoms with Crippen LogP contribution in [0.4, 0.5) is 15.8 Å². The van der Waals surface area contributed by atoms with Crippen LogP contribution in [-0.4, -0.2) is 22.2 Å². The summed E-state index contributed by atoms with van der Waals surface area (Å²) in [6, 6.07) is 3.35. The molecule has 1 aromatic rings. The van der Waals surface area contributed by atoms with E-state index in [9.17, 15) is 19.6 Å². The lowest BCUT2D eigenvalue weighted by atomic mass is 9.79. The van der Waals surface area contributed by atoms with Crippen molar-refractivity contribution in [3.05, 3.63) is 34.1 Å². The highest BCUT2D eigenvalue weighted by molar-refractivity contribution is 5.51. The van der Waals surface area contributed by atoms with Gasteiger partial charge in [0.05, 0.1) is 16.6 Å². The molecule has 1 saturated carbocycles. The van der Waals surface area contributed by atoms with E-state index in [2.05, 4.69) is 12.2 Å². The van der Waals surface area contributed by atoms with Crippen molar-refractivity contribution in [3.63, 3.8) is 0 Å². The summed E-state index contributed by atoms with van der Waals surface area (Å²) in [5.41, 5.74) is -0.793. The highest BCUT2D eigenvalue weighted by Crippen LogP contribution is 2.32. The number of nitrogens with zero attached hydrogens (tertiary/aromatic N) is 1. The lowest BCUT2D eigenvalue weighted by molar-refractivity contribution is -0.385. The number of nitro groups is 1. The van der Waals surface area contributed by atoms with E-state index < -0.39 is 16.3 Å². The number of rotatable bonds is 4. The number of hydrogen-bond acceptors (Lipinski definition) is 4. The largest absolute Gasteiger partial charge is 0.388 e. The van der Waals surface area contributed by atoms with Crippen LogP contribution in [0.15, 0.2) is 18.2 Å². The van der Waals surface area contributed by atoms with Crippen LogP contribution >= 0.6 is 0 Å². The number of benzene rings is 1. The Balaban J connectivity index is 2.05. The normalized spacial score (nSPS) is 26.2. The van der Waals surface area contributed by atoms with Crippen LogP contribution in [-0.2, 0) is 0 Å². The smallest absolute Gasteiger partial charge is 0.274 e. The SMILES string of the molecule is CC1CCCC(O)(CNc2cc(F)cc([N+](=O)[O-])c2)C1. The molecule has 1 aliphatic rings. The molecule has 1 aromatic carbocycles. The van der Waals surface area contributed by atoms with Gasteiger partial charge in [-0.2, -0.15) is 0 Å². The second kappa shape index (κ2) is 5.75. The molecule has 2 atom stereocenters. The van der Waals surface area contributed by atoms with Crippen LogP contribution in [0, 0.1) is 21.8 Å². The minimum absolute atomic E-state index is 0.276. The Morgan fingerprint density at radius 1 is 1.55 bits per heavy atom. The van der Waals surface area contributed by atoms with E-state index in [0.29, 0.717) is 24.4 Å². The first-order valence-electron chi connectivity index (χ1n) is 6.79. The number of nitrogens with one attached hydrogen (secondary N) is 1. The van der Waals surface area contributed by atoms with Crippen molar-refractivity contribution in [2.24, 2.45) is 5.92 Å². The van der Waals surface area contributed by atoms with Crippen LogP contribution in [0.25, 0.3) is 0 Å². The summed E-state index contributed by atoms with van der Waals surface area (Å²) in [7, 11) is 0. The Morgan fingerprint density at radius 2 is 2.30 bits per heavy atom. The lowest BCUT2D eigenvalue weighted by Crippen LogP contribution is -2.41. The molecule has 2 unspecified atom stereocenters. The summed E-state index contributed by atoms with van der Waals surface area (Å²) in [5.74, 6) is -0.205. The Bertz CT molecular complexity index is 509. The maximum atomic E-state index is 13.3. The summed E-state index contributed by atoms with van der Waals surface area (Å²) in [5, 5.41) is 24.1. The van der Waals surface area contributed by atoms with Crippen molar-refractivity contribution in [3.8, 4) is 0 Å². The highest BCUT2D eigenvalue weighted by atomic mass is 19.1. The van der Waals surface area contributed by atoms with Crippen molar-refractivity contribution in [2.45, 2.75) is 38.2 Å². The number of nitro benzene ring substituents is 1. The Morgan fingerprint density at radius 3 is 2.95 bits per heavy atom. The molecule has 0 amide bonds. The zero-order valence-electron chi connectivity index (χ0n) is 11.4. The third kappa shape index (κ3) is 3.66. The molecular weight excluding hydrogens is 263 g/mol. The standard InChI is InChI=1S/C14H19FN2O3/c1-10-3-2-4-14(18,8-10)9-16-12-5-11(15)6-13(7-12)17(19)20/h5-7,10,16,18H,2-4,8-9H2,1H3. The van der Waals surface area contributed by atoms with Gasteiger partial charge in [0.2, 0.25) is 0 Å². The second-order valence-electron chi connectivity index (χ2n) is 5.73. The third-order valence-electron chi connectivity index (χ3n) is 3.78. The number of hydrogen-bond donors (Lipinski definition) is 2. The molecule has 110 valence electrons. The summed E-state index contributed by atoms with van der Waals surface area (Å²) < 4.78 is 13.3. The van der Waals surface area contributed by atoms with Crippen LogP contribution in [0.3, 0.4) is 0 Å². The molecule has 0 heterocycles. The number of anilines is 1. The predicted molar refractivity (Wildman–Crippen MR) is 74.1 cm³/mol. The van der Waals surface area contributed by atoms with Gasteiger partial charge < -0.3 is 10.4 Å². The van der Waals surface area contributed by atoms with E-state index in [0.717, 1.165) is 18.9 Å². The lowest BCUT2D eigenvalue weighted by Gasteiger charge is -2.35. The quantitative estimate of drug-likeness (QED) is 0.657. The summed E-state index contributed by atoms with van der Waals surface area (Å²) in [6.07, 6.45) is 3.45. The molecule has 0 spiro atoms. The van der Waals surface area contributed by atoms with Gasteiger partial charge in [-0.25, -0.2) is 4.39 Å². The van der Waals surface area contributed by atoms with E-state index in [1.165, 1.54) is 12.1 Å².